The van der Waals surface area contributed by atoms with Gasteiger partial charge in [0, 0.05) is 5.56 Å². The number of aldehydes is 1. The van der Waals surface area contributed by atoms with Crippen molar-refractivity contribution >= 4 is 22.2 Å². The fraction of sp³-hybridized carbons (Fsp3) is 0.300. The van der Waals surface area contributed by atoms with Gasteiger partial charge in [0.25, 0.3) is 0 Å². The Morgan fingerprint density at radius 1 is 1.54 bits per heavy atom. The molecule has 0 amide bonds. The van der Waals surface area contributed by atoms with Gasteiger partial charge in [0.05, 0.1) is 11.1 Å². The summed E-state index contributed by atoms with van der Waals surface area (Å²) in [6, 6.07) is 3.63. The van der Waals surface area contributed by atoms with Crippen molar-refractivity contribution in [1.29, 1.82) is 0 Å². The normalized spacial score (nSPS) is 9.77. The molecule has 0 saturated heterocycles. The SMILES string of the molecule is CCOc1cc(C=O)c(C)cc1Br. The molecule has 0 unspecified atom stereocenters. The van der Waals surface area contributed by atoms with Gasteiger partial charge < -0.3 is 4.74 Å². The van der Waals surface area contributed by atoms with Gasteiger partial charge in [-0.05, 0) is 47.5 Å². The van der Waals surface area contributed by atoms with Crippen LogP contribution in [0.15, 0.2) is 16.6 Å². The topological polar surface area (TPSA) is 26.3 Å². The van der Waals surface area contributed by atoms with Gasteiger partial charge in [-0.3, -0.25) is 4.79 Å². The van der Waals surface area contributed by atoms with Crippen LogP contribution in [0.2, 0.25) is 0 Å². The highest BCUT2D eigenvalue weighted by molar-refractivity contribution is 9.10. The third-order valence-corrected chi connectivity index (χ3v) is 2.37. The first-order valence-corrected chi connectivity index (χ1v) is 4.86. The van der Waals surface area contributed by atoms with Crippen LogP contribution in [0.3, 0.4) is 0 Å². The standard InChI is InChI=1S/C10H11BrO2/c1-3-13-10-5-8(6-12)7(2)4-9(10)11/h4-6H,3H2,1-2H3. The molecule has 0 spiro atoms. The number of aryl methyl sites for hydroxylation is 1. The minimum absolute atomic E-state index is 0.597. The third-order valence-electron chi connectivity index (χ3n) is 1.75. The van der Waals surface area contributed by atoms with Crippen LogP contribution in [0.4, 0.5) is 0 Å². The summed E-state index contributed by atoms with van der Waals surface area (Å²) in [5.41, 5.74) is 1.62. The molecule has 0 bridgehead atoms. The molecule has 70 valence electrons. The van der Waals surface area contributed by atoms with Crippen LogP contribution in [0.25, 0.3) is 0 Å². The number of halogens is 1. The van der Waals surface area contributed by atoms with Crippen molar-refractivity contribution in [1.82, 2.24) is 0 Å². The maximum atomic E-state index is 10.6. The fourth-order valence-corrected chi connectivity index (χ4v) is 1.63. The van der Waals surface area contributed by atoms with E-state index in [1.165, 1.54) is 0 Å². The summed E-state index contributed by atoms with van der Waals surface area (Å²) in [6.07, 6.45) is 0.838. The minimum Gasteiger partial charge on any atom is -0.493 e. The first-order chi connectivity index (χ1) is 6.19. The molecule has 0 radical (unpaired) electrons. The molecular formula is C10H11BrO2. The van der Waals surface area contributed by atoms with Crippen LogP contribution in [-0.2, 0) is 0 Å². The van der Waals surface area contributed by atoms with Gasteiger partial charge in [-0.2, -0.15) is 0 Å². The predicted molar refractivity (Wildman–Crippen MR) is 55.4 cm³/mol. The second-order valence-corrected chi connectivity index (χ2v) is 3.54. The Labute approximate surface area is 86.0 Å². The number of hydrogen-bond acceptors (Lipinski definition) is 2. The number of benzene rings is 1. The number of carbonyl (C=O) groups excluding carboxylic acids is 1. The first-order valence-electron chi connectivity index (χ1n) is 4.07. The quantitative estimate of drug-likeness (QED) is 0.763. The van der Waals surface area contributed by atoms with Crippen molar-refractivity contribution < 1.29 is 9.53 Å². The van der Waals surface area contributed by atoms with E-state index in [1.807, 2.05) is 19.9 Å². The van der Waals surface area contributed by atoms with Gasteiger partial charge in [-0.1, -0.05) is 0 Å². The highest BCUT2D eigenvalue weighted by Gasteiger charge is 2.05. The highest BCUT2D eigenvalue weighted by atomic mass is 79.9. The molecule has 1 aromatic carbocycles. The van der Waals surface area contributed by atoms with Gasteiger partial charge in [0.1, 0.15) is 12.0 Å². The Morgan fingerprint density at radius 3 is 2.77 bits per heavy atom. The number of rotatable bonds is 3. The zero-order valence-electron chi connectivity index (χ0n) is 7.63. The summed E-state index contributed by atoms with van der Waals surface area (Å²) >= 11 is 3.37. The molecule has 1 aromatic rings. The molecule has 0 fully saturated rings. The number of hydrogen-bond donors (Lipinski definition) is 0. The molecule has 0 N–H and O–H groups in total. The van der Waals surface area contributed by atoms with E-state index in [1.54, 1.807) is 6.07 Å². The van der Waals surface area contributed by atoms with Crippen LogP contribution < -0.4 is 4.74 Å². The van der Waals surface area contributed by atoms with E-state index in [0.717, 1.165) is 22.1 Å². The Kier molecular flexibility index (Phi) is 3.48. The molecule has 0 heterocycles. The molecule has 0 aliphatic carbocycles. The summed E-state index contributed by atoms with van der Waals surface area (Å²) in [7, 11) is 0. The van der Waals surface area contributed by atoms with E-state index >= 15 is 0 Å². The predicted octanol–water partition coefficient (Wildman–Crippen LogP) is 2.97. The Balaban J connectivity index is 3.14. The molecule has 1 rings (SSSR count). The van der Waals surface area contributed by atoms with Gasteiger partial charge in [0.2, 0.25) is 0 Å². The second kappa shape index (κ2) is 4.42. The third kappa shape index (κ3) is 2.31. The fourth-order valence-electron chi connectivity index (χ4n) is 1.06. The largest absolute Gasteiger partial charge is 0.493 e. The van der Waals surface area contributed by atoms with Crippen molar-refractivity contribution in [3.63, 3.8) is 0 Å². The number of carbonyl (C=O) groups is 1. The Bertz CT molecular complexity index is 321. The summed E-state index contributed by atoms with van der Waals surface area (Å²) in [5, 5.41) is 0. The van der Waals surface area contributed by atoms with Gasteiger partial charge in [0.15, 0.2) is 0 Å². The van der Waals surface area contributed by atoms with Gasteiger partial charge in [-0.15, -0.1) is 0 Å². The van der Waals surface area contributed by atoms with Crippen molar-refractivity contribution in [3.8, 4) is 5.75 Å². The molecule has 0 atom stereocenters. The lowest BCUT2D eigenvalue weighted by molar-refractivity contribution is 0.112. The Morgan fingerprint density at radius 2 is 2.23 bits per heavy atom. The summed E-state index contributed by atoms with van der Waals surface area (Å²) in [5.74, 6) is 0.718. The summed E-state index contributed by atoms with van der Waals surface area (Å²) in [4.78, 5) is 10.6. The van der Waals surface area contributed by atoms with Crippen molar-refractivity contribution in [2.75, 3.05) is 6.61 Å². The molecule has 2 nitrogen and oxygen atoms in total. The van der Waals surface area contributed by atoms with Crippen molar-refractivity contribution in [2.45, 2.75) is 13.8 Å². The van der Waals surface area contributed by atoms with E-state index in [2.05, 4.69) is 15.9 Å². The zero-order valence-corrected chi connectivity index (χ0v) is 9.22. The molecule has 3 heteroatoms. The molecule has 0 aromatic heterocycles. The maximum absolute atomic E-state index is 10.6. The van der Waals surface area contributed by atoms with E-state index in [0.29, 0.717) is 12.2 Å². The molecule has 0 aliphatic rings. The summed E-state index contributed by atoms with van der Waals surface area (Å²) in [6.45, 7) is 4.40. The van der Waals surface area contributed by atoms with Gasteiger partial charge in [-0.25, -0.2) is 0 Å². The van der Waals surface area contributed by atoms with E-state index in [9.17, 15) is 4.79 Å². The summed E-state index contributed by atoms with van der Waals surface area (Å²) < 4.78 is 6.21. The van der Waals surface area contributed by atoms with E-state index in [-0.39, 0.29) is 0 Å². The maximum Gasteiger partial charge on any atom is 0.150 e. The monoisotopic (exact) mass is 242 g/mol. The second-order valence-electron chi connectivity index (χ2n) is 2.69. The molecule has 0 saturated carbocycles. The smallest absolute Gasteiger partial charge is 0.150 e. The lowest BCUT2D eigenvalue weighted by atomic mass is 10.1. The van der Waals surface area contributed by atoms with Crippen LogP contribution in [-0.4, -0.2) is 12.9 Å². The average molecular weight is 243 g/mol. The molecule has 0 aliphatic heterocycles. The lowest BCUT2D eigenvalue weighted by Gasteiger charge is -2.07. The van der Waals surface area contributed by atoms with Crippen molar-refractivity contribution in [3.05, 3.63) is 27.7 Å². The van der Waals surface area contributed by atoms with E-state index in [4.69, 9.17) is 4.74 Å². The van der Waals surface area contributed by atoms with E-state index < -0.39 is 0 Å². The first kappa shape index (κ1) is 10.3. The lowest BCUT2D eigenvalue weighted by Crippen LogP contribution is -1.95. The van der Waals surface area contributed by atoms with Gasteiger partial charge >= 0.3 is 0 Å². The van der Waals surface area contributed by atoms with Crippen LogP contribution >= 0.6 is 15.9 Å². The zero-order chi connectivity index (χ0) is 9.84. The van der Waals surface area contributed by atoms with Crippen LogP contribution in [0.1, 0.15) is 22.8 Å². The van der Waals surface area contributed by atoms with Crippen LogP contribution in [0.5, 0.6) is 5.75 Å². The average Bonchev–Trinajstić information content (AvgIpc) is 2.10. The number of ether oxygens (including phenoxy) is 1. The van der Waals surface area contributed by atoms with Crippen molar-refractivity contribution in [2.24, 2.45) is 0 Å². The Hall–Kier alpha value is -0.830. The molecule has 13 heavy (non-hydrogen) atoms. The highest BCUT2D eigenvalue weighted by Crippen LogP contribution is 2.27. The van der Waals surface area contributed by atoms with Crippen LogP contribution in [0, 0.1) is 6.92 Å². The molecular weight excluding hydrogens is 232 g/mol. The minimum atomic E-state index is 0.597.